The first-order valence-corrected chi connectivity index (χ1v) is 12.2. The van der Waals surface area contributed by atoms with Crippen LogP contribution in [0.1, 0.15) is 23.2 Å². The molecule has 1 aliphatic rings. The molecule has 1 aliphatic heterocycles. The van der Waals surface area contributed by atoms with Crippen molar-refractivity contribution in [2.24, 2.45) is 0 Å². The molecule has 1 saturated heterocycles. The number of nitrogens with one attached hydrogen (secondary N) is 1. The van der Waals surface area contributed by atoms with Gasteiger partial charge in [0.1, 0.15) is 11.9 Å². The standard InChI is InChI=1S/C21H24Cl2N2O6S/c22-19-6-3-17(11-20(19)23)31-16-7-9-25(10-8-16)13-15(26)12-24-32(29,30)18-4-1-14(2-5-18)21(27)28/h1-6,11,15-16,24,26H,7-10,12-13H2,(H,27,28)/t15-/m0/s1. The van der Waals surface area contributed by atoms with Crippen LogP contribution in [0.4, 0.5) is 0 Å². The average Bonchev–Trinajstić information content (AvgIpc) is 2.76. The van der Waals surface area contributed by atoms with Crippen LogP contribution in [0.2, 0.25) is 10.0 Å². The summed E-state index contributed by atoms with van der Waals surface area (Å²) in [4.78, 5) is 12.9. The molecule has 0 spiro atoms. The molecule has 0 unspecified atom stereocenters. The summed E-state index contributed by atoms with van der Waals surface area (Å²) < 4.78 is 33.0. The molecule has 1 atom stereocenters. The van der Waals surface area contributed by atoms with Crippen LogP contribution >= 0.6 is 23.2 Å². The minimum absolute atomic E-state index is 0.00414. The zero-order chi connectivity index (χ0) is 23.3. The van der Waals surface area contributed by atoms with Gasteiger partial charge >= 0.3 is 5.97 Å². The van der Waals surface area contributed by atoms with Crippen molar-refractivity contribution in [1.29, 1.82) is 0 Å². The van der Waals surface area contributed by atoms with E-state index in [-0.39, 0.29) is 23.1 Å². The molecule has 1 heterocycles. The molecule has 2 aromatic carbocycles. The Bertz CT molecular complexity index is 1040. The number of aromatic carboxylic acids is 1. The summed E-state index contributed by atoms with van der Waals surface area (Å²) in [7, 11) is -3.85. The lowest BCUT2D eigenvalue weighted by Crippen LogP contribution is -2.45. The first-order valence-electron chi connectivity index (χ1n) is 9.99. The number of sulfonamides is 1. The number of aliphatic hydroxyl groups is 1. The Balaban J connectivity index is 1.43. The van der Waals surface area contributed by atoms with Gasteiger partial charge in [-0.3, -0.25) is 0 Å². The van der Waals surface area contributed by atoms with E-state index in [4.69, 9.17) is 33.0 Å². The van der Waals surface area contributed by atoms with E-state index in [1.54, 1.807) is 18.2 Å². The van der Waals surface area contributed by atoms with Crippen molar-refractivity contribution in [3.8, 4) is 5.75 Å². The summed E-state index contributed by atoms with van der Waals surface area (Å²) in [6.07, 6.45) is 0.645. The first kappa shape index (κ1) is 24.8. The third-order valence-corrected chi connectivity index (χ3v) is 7.30. The van der Waals surface area contributed by atoms with Crippen molar-refractivity contribution in [3.63, 3.8) is 0 Å². The van der Waals surface area contributed by atoms with E-state index in [0.29, 0.717) is 35.4 Å². The molecule has 0 amide bonds. The predicted octanol–water partition coefficient (Wildman–Crippen LogP) is 2.87. The van der Waals surface area contributed by atoms with Gasteiger partial charge in [0.05, 0.1) is 26.6 Å². The van der Waals surface area contributed by atoms with Crippen LogP contribution in [-0.2, 0) is 10.0 Å². The summed E-state index contributed by atoms with van der Waals surface area (Å²) in [5, 5.41) is 20.1. The van der Waals surface area contributed by atoms with E-state index in [9.17, 15) is 18.3 Å². The number of hydrogen-bond acceptors (Lipinski definition) is 6. The van der Waals surface area contributed by atoms with E-state index in [1.165, 1.54) is 24.3 Å². The second-order valence-electron chi connectivity index (χ2n) is 7.53. The van der Waals surface area contributed by atoms with Gasteiger partial charge in [-0.15, -0.1) is 0 Å². The quantitative estimate of drug-likeness (QED) is 0.482. The Morgan fingerprint density at radius 2 is 1.78 bits per heavy atom. The van der Waals surface area contributed by atoms with Crippen LogP contribution in [-0.4, -0.2) is 67.9 Å². The fraction of sp³-hybridized carbons (Fsp3) is 0.381. The fourth-order valence-corrected chi connectivity index (χ4v) is 4.74. The van der Waals surface area contributed by atoms with Gasteiger partial charge in [-0.1, -0.05) is 23.2 Å². The number of halogens is 2. The highest BCUT2D eigenvalue weighted by Crippen LogP contribution is 2.28. The number of hydrogen-bond donors (Lipinski definition) is 3. The number of benzene rings is 2. The van der Waals surface area contributed by atoms with Crippen molar-refractivity contribution in [2.45, 2.75) is 29.9 Å². The Morgan fingerprint density at radius 3 is 2.38 bits per heavy atom. The van der Waals surface area contributed by atoms with Gasteiger partial charge in [0.25, 0.3) is 0 Å². The molecule has 0 aliphatic carbocycles. The molecule has 0 radical (unpaired) electrons. The number of carboxylic acids is 1. The zero-order valence-corrected chi connectivity index (χ0v) is 19.4. The summed E-state index contributed by atoms with van der Waals surface area (Å²) >= 11 is 11.9. The van der Waals surface area contributed by atoms with E-state index < -0.39 is 22.1 Å². The number of likely N-dealkylation sites (tertiary alicyclic amines) is 1. The number of piperidine rings is 1. The van der Waals surface area contributed by atoms with Gasteiger partial charge < -0.3 is 19.8 Å². The molecular formula is C21H24Cl2N2O6S. The molecule has 32 heavy (non-hydrogen) atoms. The summed E-state index contributed by atoms with van der Waals surface area (Å²) in [6.45, 7) is 1.57. The largest absolute Gasteiger partial charge is 0.490 e. The number of carboxylic acid groups (broad SMARTS) is 1. The molecule has 2 aromatic rings. The molecule has 8 nitrogen and oxygen atoms in total. The second-order valence-corrected chi connectivity index (χ2v) is 10.1. The normalized spacial score (nSPS) is 16.6. The molecule has 0 saturated carbocycles. The van der Waals surface area contributed by atoms with Gasteiger partial charge in [0.2, 0.25) is 10.0 Å². The third-order valence-electron chi connectivity index (χ3n) is 5.12. The van der Waals surface area contributed by atoms with E-state index in [1.807, 2.05) is 0 Å². The maximum Gasteiger partial charge on any atom is 0.335 e. The van der Waals surface area contributed by atoms with Crippen LogP contribution < -0.4 is 9.46 Å². The van der Waals surface area contributed by atoms with E-state index >= 15 is 0 Å². The smallest absolute Gasteiger partial charge is 0.335 e. The lowest BCUT2D eigenvalue weighted by atomic mass is 10.1. The zero-order valence-electron chi connectivity index (χ0n) is 17.1. The van der Waals surface area contributed by atoms with Crippen LogP contribution in [0.3, 0.4) is 0 Å². The maximum absolute atomic E-state index is 12.4. The predicted molar refractivity (Wildman–Crippen MR) is 121 cm³/mol. The lowest BCUT2D eigenvalue weighted by molar-refractivity contribution is 0.0630. The van der Waals surface area contributed by atoms with Crippen molar-refractivity contribution in [3.05, 3.63) is 58.1 Å². The number of aliphatic hydroxyl groups excluding tert-OH is 1. The van der Waals surface area contributed by atoms with E-state index in [2.05, 4.69) is 9.62 Å². The van der Waals surface area contributed by atoms with Gasteiger partial charge in [0.15, 0.2) is 0 Å². The molecule has 0 bridgehead atoms. The van der Waals surface area contributed by atoms with Gasteiger partial charge in [-0.25, -0.2) is 17.9 Å². The Morgan fingerprint density at radius 1 is 1.12 bits per heavy atom. The third kappa shape index (κ3) is 6.81. The van der Waals surface area contributed by atoms with Gasteiger partial charge in [-0.05, 0) is 49.2 Å². The Labute approximate surface area is 196 Å². The summed E-state index contributed by atoms with van der Waals surface area (Å²) in [5.41, 5.74) is -0.00414. The number of rotatable bonds is 9. The lowest BCUT2D eigenvalue weighted by Gasteiger charge is -2.33. The van der Waals surface area contributed by atoms with Crippen LogP contribution in [0.25, 0.3) is 0 Å². The minimum atomic E-state index is -3.85. The average molecular weight is 503 g/mol. The number of ether oxygens (including phenoxy) is 1. The van der Waals surface area contributed by atoms with Crippen LogP contribution in [0.15, 0.2) is 47.4 Å². The minimum Gasteiger partial charge on any atom is -0.490 e. The highest BCUT2D eigenvalue weighted by Gasteiger charge is 2.23. The van der Waals surface area contributed by atoms with Gasteiger partial charge in [0, 0.05) is 32.2 Å². The second kappa shape index (κ2) is 10.8. The van der Waals surface area contributed by atoms with E-state index in [0.717, 1.165) is 12.8 Å². The molecule has 3 rings (SSSR count). The molecule has 11 heteroatoms. The van der Waals surface area contributed by atoms with Crippen LogP contribution in [0, 0.1) is 0 Å². The summed E-state index contributed by atoms with van der Waals surface area (Å²) in [6, 6.07) is 10.0. The van der Waals surface area contributed by atoms with Crippen molar-refractivity contribution < 1.29 is 28.2 Å². The monoisotopic (exact) mass is 502 g/mol. The number of β-amino-alcohol motifs (C(OH)–C–C–N with tert-alkyl or cyclic N) is 1. The molecule has 1 fully saturated rings. The molecule has 0 aromatic heterocycles. The molecular weight excluding hydrogens is 479 g/mol. The first-order chi connectivity index (χ1) is 15.1. The Hall–Kier alpha value is -1.88. The number of carbonyl (C=O) groups is 1. The fourth-order valence-electron chi connectivity index (χ4n) is 3.38. The van der Waals surface area contributed by atoms with Gasteiger partial charge in [-0.2, -0.15) is 0 Å². The topological polar surface area (TPSA) is 116 Å². The summed E-state index contributed by atoms with van der Waals surface area (Å²) in [5.74, 6) is -0.479. The number of nitrogens with zero attached hydrogens (tertiary/aromatic N) is 1. The van der Waals surface area contributed by atoms with Crippen LogP contribution in [0.5, 0.6) is 5.75 Å². The highest BCUT2D eigenvalue weighted by atomic mass is 35.5. The SMILES string of the molecule is O=C(O)c1ccc(S(=O)(=O)NC[C@H](O)CN2CCC(Oc3ccc(Cl)c(Cl)c3)CC2)cc1. The van der Waals surface area contributed by atoms with Crippen molar-refractivity contribution in [2.75, 3.05) is 26.2 Å². The highest BCUT2D eigenvalue weighted by molar-refractivity contribution is 7.89. The maximum atomic E-state index is 12.4. The molecule has 174 valence electrons. The van der Waals surface area contributed by atoms with Crippen molar-refractivity contribution >= 4 is 39.2 Å². The Kier molecular flexibility index (Phi) is 8.37. The molecule has 3 N–H and O–H groups in total. The van der Waals surface area contributed by atoms with Crippen molar-refractivity contribution in [1.82, 2.24) is 9.62 Å².